The first-order valence-electron chi connectivity index (χ1n) is 5.38. The molecule has 1 aliphatic carbocycles. The topological polar surface area (TPSA) is 29.4 Å². The Morgan fingerprint density at radius 2 is 2.07 bits per heavy atom. The van der Waals surface area contributed by atoms with Crippen LogP contribution in [-0.4, -0.2) is 14.7 Å². The fraction of sp³-hybridized carbons (Fsp3) is 0.909. The summed E-state index contributed by atoms with van der Waals surface area (Å²) in [5.74, 6) is 0.722. The lowest BCUT2D eigenvalue weighted by Gasteiger charge is -2.21. The molecule has 0 spiro atoms. The molecule has 2 atom stereocenters. The molecule has 0 aromatic rings. The van der Waals surface area contributed by atoms with Crippen LogP contribution in [0.25, 0.3) is 0 Å². The lowest BCUT2D eigenvalue weighted by molar-refractivity contribution is 0.501. The van der Waals surface area contributed by atoms with Crippen molar-refractivity contribution >= 4 is 16.7 Å². The summed E-state index contributed by atoms with van der Waals surface area (Å²) in [6.07, 6.45) is 4.59. The van der Waals surface area contributed by atoms with Gasteiger partial charge in [0.05, 0.1) is 4.75 Å². The third-order valence-electron chi connectivity index (χ3n) is 2.48. The molecule has 1 saturated carbocycles. The van der Waals surface area contributed by atoms with Crippen LogP contribution in [0.4, 0.5) is 0 Å². The van der Waals surface area contributed by atoms with Crippen molar-refractivity contribution in [3.05, 3.63) is 0 Å². The molecule has 3 heteroatoms. The Hall–Kier alpha value is -0.180. The quantitative estimate of drug-likeness (QED) is 0.661. The minimum atomic E-state index is -1.06. The number of nitrogens with zero attached hydrogens (tertiary/aromatic N) is 1. The predicted molar refractivity (Wildman–Crippen MR) is 63.0 cm³/mol. The molecule has 0 bridgehead atoms. The van der Waals surface area contributed by atoms with Gasteiger partial charge >= 0.3 is 0 Å². The van der Waals surface area contributed by atoms with Gasteiger partial charge in [-0.2, -0.15) is 4.40 Å². The number of hydrogen-bond acceptors (Lipinski definition) is 1. The first-order valence-corrected chi connectivity index (χ1v) is 6.48. The Kier molecular flexibility index (Phi) is 3.87. The van der Waals surface area contributed by atoms with Gasteiger partial charge in [-0.1, -0.05) is 6.92 Å². The van der Waals surface area contributed by atoms with Gasteiger partial charge in [-0.05, 0) is 52.4 Å². The van der Waals surface area contributed by atoms with Crippen LogP contribution in [0.1, 0.15) is 53.4 Å². The second-order valence-electron chi connectivity index (χ2n) is 5.22. The van der Waals surface area contributed by atoms with Crippen LogP contribution in [0.15, 0.2) is 4.40 Å². The molecule has 0 N–H and O–H groups in total. The lowest BCUT2D eigenvalue weighted by Crippen LogP contribution is -2.22. The van der Waals surface area contributed by atoms with Gasteiger partial charge in [0.2, 0.25) is 0 Å². The lowest BCUT2D eigenvalue weighted by atomic mass is 9.89. The van der Waals surface area contributed by atoms with Crippen molar-refractivity contribution in [2.45, 2.75) is 58.1 Å². The minimum Gasteiger partial charge on any atom is -0.234 e. The van der Waals surface area contributed by atoms with E-state index in [-0.39, 0.29) is 4.75 Å². The van der Waals surface area contributed by atoms with Gasteiger partial charge in [0.25, 0.3) is 0 Å². The highest BCUT2D eigenvalue weighted by Gasteiger charge is 2.21. The summed E-state index contributed by atoms with van der Waals surface area (Å²) < 4.78 is 15.9. The molecule has 82 valence electrons. The van der Waals surface area contributed by atoms with Gasteiger partial charge < -0.3 is 0 Å². The zero-order chi connectivity index (χ0) is 10.8. The molecular weight excluding hydrogens is 194 g/mol. The van der Waals surface area contributed by atoms with E-state index >= 15 is 0 Å². The molecule has 0 radical (unpaired) electrons. The van der Waals surface area contributed by atoms with Gasteiger partial charge in [0, 0.05) is 5.71 Å². The molecule has 0 aromatic heterocycles. The molecule has 0 aliphatic heterocycles. The van der Waals surface area contributed by atoms with Crippen LogP contribution in [0.5, 0.6) is 0 Å². The maximum atomic E-state index is 11.8. The Balaban J connectivity index is 2.63. The van der Waals surface area contributed by atoms with Crippen molar-refractivity contribution in [3.8, 4) is 0 Å². The highest BCUT2D eigenvalue weighted by Crippen LogP contribution is 2.23. The zero-order valence-corrected chi connectivity index (χ0v) is 10.5. The molecule has 0 saturated heterocycles. The molecular formula is C11H21NOS. The third kappa shape index (κ3) is 3.52. The Bertz CT molecular complexity index is 253. The minimum absolute atomic E-state index is 0.215. The summed E-state index contributed by atoms with van der Waals surface area (Å²) in [7, 11) is -1.06. The number of rotatable bonds is 1. The maximum Gasteiger partial charge on any atom is 0.144 e. The van der Waals surface area contributed by atoms with Crippen LogP contribution in [-0.2, 0) is 11.0 Å². The third-order valence-corrected chi connectivity index (χ3v) is 3.95. The van der Waals surface area contributed by atoms with Gasteiger partial charge in [-0.25, -0.2) is 4.21 Å². The van der Waals surface area contributed by atoms with Crippen LogP contribution >= 0.6 is 0 Å². The van der Waals surface area contributed by atoms with Crippen molar-refractivity contribution in [1.29, 1.82) is 0 Å². The van der Waals surface area contributed by atoms with E-state index in [1.54, 1.807) is 0 Å². The molecule has 1 rings (SSSR count). The van der Waals surface area contributed by atoms with Crippen molar-refractivity contribution < 1.29 is 4.21 Å². The van der Waals surface area contributed by atoms with Crippen LogP contribution < -0.4 is 0 Å². The second kappa shape index (κ2) is 4.56. The monoisotopic (exact) mass is 215 g/mol. The predicted octanol–water partition coefficient (Wildman–Crippen LogP) is 3.10. The van der Waals surface area contributed by atoms with Crippen molar-refractivity contribution in [2.75, 3.05) is 0 Å². The normalized spacial score (nSPS) is 29.1. The summed E-state index contributed by atoms with van der Waals surface area (Å²) in [5.41, 5.74) is 1.16. The van der Waals surface area contributed by atoms with E-state index in [2.05, 4.69) is 11.3 Å². The largest absolute Gasteiger partial charge is 0.234 e. The first-order chi connectivity index (χ1) is 6.39. The Morgan fingerprint density at radius 3 is 2.57 bits per heavy atom. The standard InChI is InChI=1S/C11H21NOS/c1-9-6-5-7-10(8-9)12-14(13)11(2,3)4/h9H,5-8H2,1-4H3/b12-10-/t9-,14?/m1/s1. The summed E-state index contributed by atoms with van der Waals surface area (Å²) in [5, 5.41) is 0. The van der Waals surface area contributed by atoms with E-state index in [0.717, 1.165) is 24.5 Å². The van der Waals surface area contributed by atoms with Gasteiger partial charge in [0.1, 0.15) is 11.0 Å². The van der Waals surface area contributed by atoms with Crippen molar-refractivity contribution in [1.82, 2.24) is 0 Å². The highest BCUT2D eigenvalue weighted by molar-refractivity contribution is 7.85. The summed E-state index contributed by atoms with van der Waals surface area (Å²) in [4.78, 5) is 0. The van der Waals surface area contributed by atoms with E-state index in [1.165, 1.54) is 12.8 Å². The highest BCUT2D eigenvalue weighted by atomic mass is 32.2. The van der Waals surface area contributed by atoms with Gasteiger partial charge in [0.15, 0.2) is 0 Å². The van der Waals surface area contributed by atoms with E-state index in [9.17, 15) is 4.21 Å². The van der Waals surface area contributed by atoms with E-state index in [0.29, 0.717) is 0 Å². The molecule has 14 heavy (non-hydrogen) atoms. The van der Waals surface area contributed by atoms with Crippen molar-refractivity contribution in [3.63, 3.8) is 0 Å². The fourth-order valence-electron chi connectivity index (χ4n) is 1.60. The van der Waals surface area contributed by atoms with E-state index < -0.39 is 11.0 Å². The SMILES string of the molecule is C[C@@H]1CCC/C(=N/S(=O)C(C)(C)C)C1. The molecule has 0 heterocycles. The Morgan fingerprint density at radius 1 is 1.43 bits per heavy atom. The zero-order valence-electron chi connectivity index (χ0n) is 9.67. The van der Waals surface area contributed by atoms with Gasteiger partial charge in [-0.15, -0.1) is 0 Å². The van der Waals surface area contributed by atoms with E-state index in [4.69, 9.17) is 0 Å². The summed E-state index contributed by atoms with van der Waals surface area (Å²) >= 11 is 0. The second-order valence-corrected chi connectivity index (χ2v) is 7.13. The van der Waals surface area contributed by atoms with Crippen LogP contribution in [0, 0.1) is 5.92 Å². The van der Waals surface area contributed by atoms with E-state index in [1.807, 2.05) is 20.8 Å². The van der Waals surface area contributed by atoms with Crippen molar-refractivity contribution in [2.24, 2.45) is 10.3 Å². The fourth-order valence-corrected chi connectivity index (χ4v) is 2.27. The molecule has 2 nitrogen and oxygen atoms in total. The molecule has 0 aromatic carbocycles. The van der Waals surface area contributed by atoms with Gasteiger partial charge in [-0.3, -0.25) is 0 Å². The smallest absolute Gasteiger partial charge is 0.144 e. The molecule has 1 unspecified atom stereocenters. The first kappa shape index (κ1) is 11.9. The average molecular weight is 215 g/mol. The number of hydrogen-bond donors (Lipinski definition) is 0. The maximum absolute atomic E-state index is 11.8. The average Bonchev–Trinajstić information content (AvgIpc) is 2.02. The molecule has 1 fully saturated rings. The molecule has 0 amide bonds. The van der Waals surface area contributed by atoms with Crippen LogP contribution in [0.3, 0.4) is 0 Å². The Labute approximate surface area is 89.8 Å². The van der Waals surface area contributed by atoms with Crippen LogP contribution in [0.2, 0.25) is 0 Å². The molecule has 1 aliphatic rings. The summed E-state index contributed by atoms with van der Waals surface area (Å²) in [6.45, 7) is 8.16. The summed E-state index contributed by atoms with van der Waals surface area (Å²) in [6, 6.07) is 0.